The molecule has 7 heteroatoms. The van der Waals surface area contributed by atoms with Crippen molar-refractivity contribution in [2.45, 2.75) is 13.0 Å². The fourth-order valence-electron chi connectivity index (χ4n) is 2.50. The van der Waals surface area contributed by atoms with E-state index in [0.29, 0.717) is 22.5 Å². The SMILES string of the molecule is COc1ccc2c(CC(=O)OCc3ccccc3[N+](=O)[O-])coc2c1. The molecule has 0 saturated carbocycles. The summed E-state index contributed by atoms with van der Waals surface area (Å²) in [6.45, 7) is -0.153. The summed E-state index contributed by atoms with van der Waals surface area (Å²) in [5.74, 6) is 0.170. The molecule has 0 unspecified atom stereocenters. The maximum absolute atomic E-state index is 12.1. The zero-order valence-electron chi connectivity index (χ0n) is 13.4. The third kappa shape index (κ3) is 3.60. The van der Waals surface area contributed by atoms with Crippen molar-refractivity contribution in [3.8, 4) is 5.75 Å². The van der Waals surface area contributed by atoms with Gasteiger partial charge in [0.05, 0.1) is 30.3 Å². The fraction of sp³-hybridized carbons (Fsp3) is 0.167. The minimum absolute atomic E-state index is 0.0138. The summed E-state index contributed by atoms with van der Waals surface area (Å²) >= 11 is 0. The summed E-state index contributed by atoms with van der Waals surface area (Å²) in [6.07, 6.45) is 1.51. The number of hydrogen-bond donors (Lipinski definition) is 0. The van der Waals surface area contributed by atoms with E-state index >= 15 is 0 Å². The minimum atomic E-state index is -0.500. The summed E-state index contributed by atoms with van der Waals surface area (Å²) in [7, 11) is 1.56. The maximum Gasteiger partial charge on any atom is 0.310 e. The molecule has 0 aliphatic rings. The van der Waals surface area contributed by atoms with Crippen molar-refractivity contribution in [2.75, 3.05) is 7.11 Å². The minimum Gasteiger partial charge on any atom is -0.497 e. The Bertz CT molecular complexity index is 930. The largest absolute Gasteiger partial charge is 0.497 e. The third-order valence-electron chi connectivity index (χ3n) is 3.77. The number of nitrogens with zero attached hydrogens (tertiary/aromatic N) is 1. The van der Waals surface area contributed by atoms with Crippen molar-refractivity contribution >= 4 is 22.6 Å². The summed E-state index contributed by atoms with van der Waals surface area (Å²) in [5, 5.41) is 11.8. The van der Waals surface area contributed by atoms with Crippen molar-refractivity contribution in [2.24, 2.45) is 0 Å². The van der Waals surface area contributed by atoms with Crippen LogP contribution in [0.4, 0.5) is 5.69 Å². The number of nitro benzene ring substituents is 1. The summed E-state index contributed by atoms with van der Waals surface area (Å²) in [6, 6.07) is 11.5. The smallest absolute Gasteiger partial charge is 0.310 e. The van der Waals surface area contributed by atoms with Crippen LogP contribution in [0.25, 0.3) is 11.0 Å². The van der Waals surface area contributed by atoms with Gasteiger partial charge >= 0.3 is 5.97 Å². The maximum atomic E-state index is 12.1. The fourth-order valence-corrected chi connectivity index (χ4v) is 2.50. The van der Waals surface area contributed by atoms with Crippen LogP contribution in [-0.2, 0) is 22.6 Å². The first kappa shape index (κ1) is 16.5. The molecule has 3 aromatic rings. The monoisotopic (exact) mass is 341 g/mol. The van der Waals surface area contributed by atoms with Crippen molar-refractivity contribution in [3.63, 3.8) is 0 Å². The van der Waals surface area contributed by atoms with E-state index in [-0.39, 0.29) is 18.7 Å². The average molecular weight is 341 g/mol. The predicted octanol–water partition coefficient (Wildman–Crippen LogP) is 3.64. The van der Waals surface area contributed by atoms with Gasteiger partial charge in [-0.3, -0.25) is 14.9 Å². The Morgan fingerprint density at radius 1 is 1.20 bits per heavy atom. The first-order chi connectivity index (χ1) is 12.1. The number of benzene rings is 2. The van der Waals surface area contributed by atoms with Gasteiger partial charge in [0.15, 0.2) is 0 Å². The summed E-state index contributed by atoms with van der Waals surface area (Å²) in [5.41, 5.74) is 1.57. The van der Waals surface area contributed by atoms with Crippen LogP contribution in [0.15, 0.2) is 53.1 Å². The normalized spacial score (nSPS) is 10.6. The van der Waals surface area contributed by atoms with Crippen LogP contribution in [0, 0.1) is 10.1 Å². The molecule has 0 fully saturated rings. The van der Waals surface area contributed by atoms with Gasteiger partial charge in [0, 0.05) is 23.1 Å². The van der Waals surface area contributed by atoms with Crippen LogP contribution in [0.3, 0.4) is 0 Å². The number of furan rings is 1. The highest BCUT2D eigenvalue weighted by Gasteiger charge is 2.16. The van der Waals surface area contributed by atoms with Gasteiger partial charge in [-0.25, -0.2) is 0 Å². The molecule has 0 aliphatic carbocycles. The van der Waals surface area contributed by atoms with Gasteiger partial charge in [0.2, 0.25) is 0 Å². The van der Waals surface area contributed by atoms with Crippen molar-refractivity contribution in [1.29, 1.82) is 0 Å². The number of methoxy groups -OCH3 is 1. The van der Waals surface area contributed by atoms with Gasteiger partial charge in [-0.1, -0.05) is 12.1 Å². The van der Waals surface area contributed by atoms with E-state index in [4.69, 9.17) is 13.9 Å². The Morgan fingerprint density at radius 3 is 2.76 bits per heavy atom. The quantitative estimate of drug-likeness (QED) is 0.386. The van der Waals surface area contributed by atoms with Crippen molar-refractivity contribution in [3.05, 3.63) is 70.0 Å². The first-order valence-electron chi connectivity index (χ1n) is 7.50. The number of para-hydroxylation sites is 1. The lowest BCUT2D eigenvalue weighted by Gasteiger charge is -2.05. The van der Waals surface area contributed by atoms with E-state index in [1.54, 1.807) is 37.4 Å². The van der Waals surface area contributed by atoms with E-state index in [1.165, 1.54) is 12.3 Å². The number of fused-ring (bicyclic) bond motifs is 1. The molecule has 0 atom stereocenters. The zero-order valence-corrected chi connectivity index (χ0v) is 13.4. The van der Waals surface area contributed by atoms with E-state index in [1.807, 2.05) is 6.07 Å². The highest BCUT2D eigenvalue weighted by molar-refractivity contribution is 5.86. The molecule has 128 valence electrons. The standard InChI is InChI=1S/C18H15NO6/c1-23-14-6-7-15-13(11-24-17(15)9-14)8-18(20)25-10-12-4-2-3-5-16(12)19(21)22/h2-7,9,11H,8,10H2,1H3. The lowest BCUT2D eigenvalue weighted by molar-refractivity contribution is -0.385. The number of nitro groups is 1. The lowest BCUT2D eigenvalue weighted by atomic mass is 10.1. The van der Waals surface area contributed by atoms with E-state index in [9.17, 15) is 14.9 Å². The van der Waals surface area contributed by atoms with E-state index < -0.39 is 10.9 Å². The Labute approximate surface area is 142 Å². The molecule has 25 heavy (non-hydrogen) atoms. The molecule has 1 aromatic heterocycles. The van der Waals surface area contributed by atoms with Crippen LogP contribution >= 0.6 is 0 Å². The molecule has 1 heterocycles. The van der Waals surface area contributed by atoms with E-state index in [0.717, 1.165) is 5.39 Å². The predicted molar refractivity (Wildman–Crippen MR) is 89.4 cm³/mol. The van der Waals surface area contributed by atoms with Gasteiger partial charge in [-0.05, 0) is 18.2 Å². The van der Waals surface area contributed by atoms with Gasteiger partial charge < -0.3 is 13.9 Å². The Balaban J connectivity index is 1.68. The van der Waals surface area contributed by atoms with Gasteiger partial charge in [-0.15, -0.1) is 0 Å². The zero-order chi connectivity index (χ0) is 17.8. The van der Waals surface area contributed by atoms with Crippen molar-refractivity contribution < 1.29 is 23.6 Å². The molecule has 0 N–H and O–H groups in total. The number of hydrogen-bond acceptors (Lipinski definition) is 6. The topological polar surface area (TPSA) is 91.8 Å². The van der Waals surface area contributed by atoms with E-state index in [2.05, 4.69) is 0 Å². The molecule has 0 bridgehead atoms. The Hall–Kier alpha value is -3.35. The second-order valence-electron chi connectivity index (χ2n) is 5.35. The summed E-state index contributed by atoms with van der Waals surface area (Å²) < 4.78 is 15.7. The molecular formula is C18H15NO6. The van der Waals surface area contributed by atoms with Crippen LogP contribution in [0.2, 0.25) is 0 Å². The molecular weight excluding hydrogens is 326 g/mol. The van der Waals surface area contributed by atoms with Gasteiger partial charge in [0.25, 0.3) is 5.69 Å². The molecule has 0 aliphatic heterocycles. The number of carbonyl (C=O) groups excluding carboxylic acids is 1. The summed E-state index contributed by atoms with van der Waals surface area (Å²) in [4.78, 5) is 22.5. The average Bonchev–Trinajstić information content (AvgIpc) is 3.02. The molecule has 0 amide bonds. The van der Waals surface area contributed by atoms with Crippen LogP contribution in [0.1, 0.15) is 11.1 Å². The highest BCUT2D eigenvalue weighted by Crippen LogP contribution is 2.26. The number of ether oxygens (including phenoxy) is 2. The van der Waals surface area contributed by atoms with Crippen molar-refractivity contribution in [1.82, 2.24) is 0 Å². The number of rotatable bonds is 6. The molecule has 0 spiro atoms. The molecule has 0 radical (unpaired) electrons. The van der Waals surface area contributed by atoms with Gasteiger partial charge in [0.1, 0.15) is 17.9 Å². The molecule has 2 aromatic carbocycles. The lowest BCUT2D eigenvalue weighted by Crippen LogP contribution is -2.08. The highest BCUT2D eigenvalue weighted by atomic mass is 16.6. The van der Waals surface area contributed by atoms with Crippen LogP contribution < -0.4 is 4.74 Å². The molecule has 3 rings (SSSR count). The first-order valence-corrected chi connectivity index (χ1v) is 7.50. The Morgan fingerprint density at radius 2 is 2.00 bits per heavy atom. The number of carbonyl (C=O) groups is 1. The van der Waals surface area contributed by atoms with Gasteiger partial charge in [-0.2, -0.15) is 0 Å². The second kappa shape index (κ2) is 7.04. The second-order valence-corrected chi connectivity index (χ2v) is 5.35. The van der Waals surface area contributed by atoms with Crippen LogP contribution in [-0.4, -0.2) is 18.0 Å². The van der Waals surface area contributed by atoms with Crippen LogP contribution in [0.5, 0.6) is 5.75 Å². The molecule has 7 nitrogen and oxygen atoms in total. The molecule has 0 saturated heterocycles. The number of esters is 1. The third-order valence-corrected chi connectivity index (χ3v) is 3.77. The Kier molecular flexibility index (Phi) is 4.65.